The van der Waals surface area contributed by atoms with E-state index in [2.05, 4.69) is 17.4 Å². The van der Waals surface area contributed by atoms with Crippen molar-refractivity contribution in [2.24, 2.45) is 0 Å². The number of nitrogens with zero attached hydrogens (tertiary/aromatic N) is 1. The van der Waals surface area contributed by atoms with Crippen LogP contribution in [-0.4, -0.2) is 16.5 Å². The Bertz CT molecular complexity index is 916. The maximum atomic E-state index is 12.4. The number of hydrogen-bond acceptors (Lipinski definition) is 2. The highest BCUT2D eigenvalue weighted by atomic mass is 16.2. The smallest absolute Gasteiger partial charge is 0.240 e. The molecule has 0 fully saturated rings. The molecule has 3 aromatic rings. The molecule has 0 aliphatic rings. The summed E-state index contributed by atoms with van der Waals surface area (Å²) in [6.07, 6.45) is 3.50. The maximum absolute atomic E-state index is 12.4. The van der Waals surface area contributed by atoms with Gasteiger partial charge in [-0.3, -0.25) is 9.59 Å². The molecule has 0 aliphatic heterocycles. The van der Waals surface area contributed by atoms with Crippen LogP contribution < -0.4 is 10.7 Å². The fourth-order valence-electron chi connectivity index (χ4n) is 2.97. The molecule has 0 aliphatic carbocycles. The number of amides is 1. The van der Waals surface area contributed by atoms with Gasteiger partial charge in [-0.25, -0.2) is 0 Å². The van der Waals surface area contributed by atoms with Gasteiger partial charge in [0.25, 0.3) is 0 Å². The molecule has 3 rings (SSSR count). The molecule has 1 heterocycles. The maximum Gasteiger partial charge on any atom is 0.240 e. The normalized spacial score (nSPS) is 12.0. The highest BCUT2D eigenvalue weighted by Gasteiger charge is 2.10. The van der Waals surface area contributed by atoms with Crippen LogP contribution in [0.25, 0.3) is 10.9 Å². The van der Waals surface area contributed by atoms with Crippen molar-refractivity contribution in [3.05, 3.63) is 82.6 Å². The Morgan fingerprint density at radius 1 is 1.04 bits per heavy atom. The number of fused-ring (bicyclic) bond motifs is 1. The van der Waals surface area contributed by atoms with Crippen LogP contribution in [-0.2, 0) is 17.8 Å². The molecule has 1 N–H and O–H groups in total. The molecule has 0 bridgehead atoms. The standard InChI is InChI=1S/C21H22N2O2/c1-16(11-12-17-7-3-2-4-8-17)22-21(25)15-23-14-13-20(24)18-9-5-6-10-19(18)23/h2-10,13-14,16H,11-12,15H2,1H3,(H,22,25)/t16-/m0/s1. The van der Waals surface area contributed by atoms with Gasteiger partial charge in [0.15, 0.2) is 5.43 Å². The summed E-state index contributed by atoms with van der Waals surface area (Å²) in [5, 5.41) is 3.67. The van der Waals surface area contributed by atoms with E-state index in [0.717, 1.165) is 18.4 Å². The lowest BCUT2D eigenvalue weighted by atomic mass is 10.1. The highest BCUT2D eigenvalue weighted by Crippen LogP contribution is 2.09. The summed E-state index contributed by atoms with van der Waals surface area (Å²) in [4.78, 5) is 24.3. The average molecular weight is 334 g/mol. The number of benzene rings is 2. The van der Waals surface area contributed by atoms with E-state index in [4.69, 9.17) is 0 Å². The summed E-state index contributed by atoms with van der Waals surface area (Å²) < 4.78 is 1.82. The molecule has 1 atom stereocenters. The first-order chi connectivity index (χ1) is 12.1. The fourth-order valence-corrected chi connectivity index (χ4v) is 2.97. The van der Waals surface area contributed by atoms with E-state index in [1.807, 2.05) is 47.9 Å². The van der Waals surface area contributed by atoms with Gasteiger partial charge in [-0.2, -0.15) is 0 Å². The number of hydrogen-bond donors (Lipinski definition) is 1. The quantitative estimate of drug-likeness (QED) is 0.753. The summed E-state index contributed by atoms with van der Waals surface area (Å²) in [5.74, 6) is -0.0469. The third-order valence-corrected chi connectivity index (χ3v) is 4.31. The van der Waals surface area contributed by atoms with Crippen LogP contribution in [0.3, 0.4) is 0 Å². The molecule has 0 spiro atoms. The SMILES string of the molecule is C[C@@H](CCc1ccccc1)NC(=O)Cn1ccc(=O)c2ccccc21. The van der Waals surface area contributed by atoms with Crippen molar-refractivity contribution in [1.29, 1.82) is 0 Å². The molecule has 2 aromatic carbocycles. The Balaban J connectivity index is 1.61. The van der Waals surface area contributed by atoms with Crippen molar-refractivity contribution in [3.8, 4) is 0 Å². The summed E-state index contributed by atoms with van der Waals surface area (Å²) in [6.45, 7) is 2.22. The van der Waals surface area contributed by atoms with Crippen LogP contribution in [0, 0.1) is 0 Å². The van der Waals surface area contributed by atoms with E-state index in [9.17, 15) is 9.59 Å². The van der Waals surface area contributed by atoms with E-state index in [1.54, 1.807) is 12.3 Å². The summed E-state index contributed by atoms with van der Waals surface area (Å²) in [7, 11) is 0. The number of pyridine rings is 1. The average Bonchev–Trinajstić information content (AvgIpc) is 2.63. The van der Waals surface area contributed by atoms with Crippen LogP contribution in [0.4, 0.5) is 0 Å². The summed E-state index contributed by atoms with van der Waals surface area (Å²) in [5.41, 5.74) is 2.03. The van der Waals surface area contributed by atoms with Gasteiger partial charge in [0.05, 0.1) is 5.52 Å². The molecular formula is C21H22N2O2. The van der Waals surface area contributed by atoms with Gasteiger partial charge in [-0.15, -0.1) is 0 Å². The van der Waals surface area contributed by atoms with Gasteiger partial charge in [-0.05, 0) is 37.5 Å². The third-order valence-electron chi connectivity index (χ3n) is 4.31. The zero-order valence-electron chi connectivity index (χ0n) is 14.3. The second-order valence-corrected chi connectivity index (χ2v) is 6.32. The minimum Gasteiger partial charge on any atom is -0.352 e. The molecule has 0 saturated carbocycles. The number of nitrogens with one attached hydrogen (secondary N) is 1. The molecule has 0 radical (unpaired) electrons. The van der Waals surface area contributed by atoms with Crippen LogP contribution in [0.15, 0.2) is 71.7 Å². The number of carbonyl (C=O) groups excluding carboxylic acids is 1. The summed E-state index contributed by atoms with van der Waals surface area (Å²) in [6, 6.07) is 19.2. The number of para-hydroxylation sites is 1. The van der Waals surface area contributed by atoms with Crippen LogP contribution in [0.1, 0.15) is 18.9 Å². The minimum absolute atomic E-state index is 0.0245. The van der Waals surface area contributed by atoms with Crippen molar-refractivity contribution < 1.29 is 4.79 Å². The Kier molecular flexibility index (Phi) is 5.29. The van der Waals surface area contributed by atoms with Gasteiger partial charge < -0.3 is 9.88 Å². The number of rotatable bonds is 6. The Morgan fingerprint density at radius 2 is 1.76 bits per heavy atom. The van der Waals surface area contributed by atoms with E-state index < -0.39 is 0 Å². The number of aromatic nitrogens is 1. The number of aryl methyl sites for hydroxylation is 1. The molecule has 1 amide bonds. The van der Waals surface area contributed by atoms with Crippen molar-refractivity contribution >= 4 is 16.8 Å². The topological polar surface area (TPSA) is 51.1 Å². The molecule has 1 aromatic heterocycles. The van der Waals surface area contributed by atoms with Gasteiger partial charge in [0.1, 0.15) is 6.54 Å². The summed E-state index contributed by atoms with van der Waals surface area (Å²) >= 11 is 0. The largest absolute Gasteiger partial charge is 0.352 e. The second-order valence-electron chi connectivity index (χ2n) is 6.32. The van der Waals surface area contributed by atoms with Gasteiger partial charge in [0.2, 0.25) is 5.91 Å². The first-order valence-electron chi connectivity index (χ1n) is 8.55. The van der Waals surface area contributed by atoms with Crippen molar-refractivity contribution in [2.75, 3.05) is 0 Å². The van der Waals surface area contributed by atoms with E-state index in [-0.39, 0.29) is 23.9 Å². The monoisotopic (exact) mass is 334 g/mol. The second kappa shape index (κ2) is 7.79. The lowest BCUT2D eigenvalue weighted by Gasteiger charge is -2.16. The Morgan fingerprint density at radius 3 is 2.56 bits per heavy atom. The zero-order valence-corrected chi connectivity index (χ0v) is 14.3. The first-order valence-corrected chi connectivity index (χ1v) is 8.55. The van der Waals surface area contributed by atoms with Crippen LogP contribution >= 0.6 is 0 Å². The molecule has 25 heavy (non-hydrogen) atoms. The first kappa shape index (κ1) is 17.0. The molecule has 128 valence electrons. The third kappa shape index (κ3) is 4.35. The molecule has 0 unspecified atom stereocenters. The molecule has 4 heteroatoms. The fraction of sp³-hybridized carbons (Fsp3) is 0.238. The number of carbonyl (C=O) groups is 1. The Hall–Kier alpha value is -2.88. The predicted molar refractivity (Wildman–Crippen MR) is 101 cm³/mol. The van der Waals surface area contributed by atoms with Crippen molar-refractivity contribution in [1.82, 2.24) is 9.88 Å². The van der Waals surface area contributed by atoms with Crippen molar-refractivity contribution in [3.63, 3.8) is 0 Å². The molecule has 4 nitrogen and oxygen atoms in total. The van der Waals surface area contributed by atoms with Crippen LogP contribution in [0.2, 0.25) is 0 Å². The zero-order chi connectivity index (χ0) is 17.6. The molecule has 0 saturated heterocycles. The lowest BCUT2D eigenvalue weighted by molar-refractivity contribution is -0.122. The van der Waals surface area contributed by atoms with E-state index >= 15 is 0 Å². The Labute approximate surface area is 147 Å². The van der Waals surface area contributed by atoms with Gasteiger partial charge >= 0.3 is 0 Å². The van der Waals surface area contributed by atoms with E-state index in [1.165, 1.54) is 11.6 Å². The lowest BCUT2D eigenvalue weighted by Crippen LogP contribution is -2.35. The van der Waals surface area contributed by atoms with E-state index in [0.29, 0.717) is 5.39 Å². The van der Waals surface area contributed by atoms with Gasteiger partial charge in [0, 0.05) is 23.7 Å². The molecular weight excluding hydrogens is 312 g/mol. The van der Waals surface area contributed by atoms with Crippen LogP contribution in [0.5, 0.6) is 0 Å². The minimum atomic E-state index is -0.0469. The van der Waals surface area contributed by atoms with Gasteiger partial charge in [-0.1, -0.05) is 42.5 Å². The van der Waals surface area contributed by atoms with Crippen molar-refractivity contribution in [2.45, 2.75) is 32.4 Å². The highest BCUT2D eigenvalue weighted by molar-refractivity contribution is 5.82. The predicted octanol–water partition coefficient (Wildman–Crippen LogP) is 3.14.